The zero-order valence-corrected chi connectivity index (χ0v) is 39.5. The van der Waals surface area contributed by atoms with Crippen LogP contribution in [0.5, 0.6) is 0 Å². The van der Waals surface area contributed by atoms with Crippen LogP contribution in [0.3, 0.4) is 0 Å². The summed E-state index contributed by atoms with van der Waals surface area (Å²) in [4.78, 5) is 14.9. The average Bonchev–Trinajstić information content (AvgIpc) is 3.20. The van der Waals surface area contributed by atoms with Crippen molar-refractivity contribution in [2.45, 2.75) is 168 Å². The fourth-order valence-electron chi connectivity index (χ4n) is 14.6. The van der Waals surface area contributed by atoms with Crippen molar-refractivity contribution in [2.75, 3.05) is 40.6 Å². The smallest absolute Gasteiger partial charge is 0.310 e. The molecular weight excluding hydrogens is 759 g/mol. The fourth-order valence-corrected chi connectivity index (χ4v) is 16.1. The summed E-state index contributed by atoms with van der Waals surface area (Å²) in [5.74, 6) is 1.37. The van der Waals surface area contributed by atoms with E-state index in [2.05, 4.69) is 61.5 Å². The number of fused-ring (bicyclic) bond motifs is 3. The van der Waals surface area contributed by atoms with E-state index in [1.54, 1.807) is 29.1 Å². The third-order valence-electron chi connectivity index (χ3n) is 18.8. The van der Waals surface area contributed by atoms with Gasteiger partial charge in [-0.3, -0.25) is 4.79 Å². The van der Waals surface area contributed by atoms with Gasteiger partial charge in [-0.15, -0.1) is 0 Å². The average molecular weight is 838 g/mol. The first-order valence-electron chi connectivity index (χ1n) is 23.5. The van der Waals surface area contributed by atoms with Gasteiger partial charge in [0, 0.05) is 25.0 Å². The van der Waals surface area contributed by atoms with Crippen LogP contribution in [0.2, 0.25) is 0 Å². The summed E-state index contributed by atoms with van der Waals surface area (Å²) in [7, 11) is -0.136. The highest BCUT2D eigenvalue weighted by molar-refractivity contribution is 7.89. The van der Waals surface area contributed by atoms with Gasteiger partial charge in [0.1, 0.15) is 0 Å². The zero-order chi connectivity index (χ0) is 42.8. The molecule has 0 spiro atoms. The molecule has 5 aliphatic carbocycles. The molecule has 0 amide bonds. The van der Waals surface area contributed by atoms with Crippen LogP contribution in [0.15, 0.2) is 40.8 Å². The van der Waals surface area contributed by atoms with Crippen molar-refractivity contribution in [1.29, 1.82) is 0 Å². The lowest BCUT2D eigenvalue weighted by atomic mass is 9.34. The molecule has 1 saturated heterocycles. The monoisotopic (exact) mass is 838 g/mol. The van der Waals surface area contributed by atoms with E-state index in [9.17, 15) is 13.2 Å². The second-order valence-corrected chi connectivity index (χ2v) is 23.8. The maximum atomic E-state index is 14.6. The first-order valence-corrected chi connectivity index (χ1v) is 24.9. The number of unbranched alkanes of at least 4 members (excludes halogenated alkanes) is 1. The number of aryl methyl sites for hydroxylation is 1. The molecule has 1 aliphatic heterocycles. The van der Waals surface area contributed by atoms with Crippen LogP contribution in [0.25, 0.3) is 0 Å². The zero-order valence-electron chi connectivity index (χ0n) is 38.7. The third kappa shape index (κ3) is 7.04. The number of rotatable bonds is 13. The van der Waals surface area contributed by atoms with E-state index in [0.717, 1.165) is 89.0 Å². The predicted octanol–water partition coefficient (Wildman–Crippen LogP) is 10.6. The van der Waals surface area contributed by atoms with Crippen LogP contribution < -0.4 is 0 Å². The number of hydrogen-bond donors (Lipinski definition) is 0. The summed E-state index contributed by atoms with van der Waals surface area (Å²) >= 11 is 0. The van der Waals surface area contributed by atoms with Crippen molar-refractivity contribution in [1.82, 2.24) is 4.31 Å². The molecule has 59 heavy (non-hydrogen) atoms. The molecule has 0 N–H and O–H groups in total. The van der Waals surface area contributed by atoms with Gasteiger partial charge in [0.25, 0.3) is 0 Å². The molecule has 6 aliphatic rings. The number of likely N-dealkylation sites (N-methyl/N-ethyl adjacent to an activating group) is 1. The lowest BCUT2D eigenvalue weighted by Gasteiger charge is -2.71. The van der Waals surface area contributed by atoms with Crippen LogP contribution in [0, 0.1) is 63.6 Å². The summed E-state index contributed by atoms with van der Waals surface area (Å²) in [5.41, 5.74) is 0.964. The van der Waals surface area contributed by atoms with Crippen molar-refractivity contribution in [2.24, 2.45) is 56.7 Å². The van der Waals surface area contributed by atoms with E-state index in [1.807, 2.05) is 26.2 Å². The van der Waals surface area contributed by atoms with Gasteiger partial charge in [-0.1, -0.05) is 110 Å². The van der Waals surface area contributed by atoms with Gasteiger partial charge in [0.2, 0.25) is 10.0 Å². The molecule has 1 heterocycles. The minimum Gasteiger partial charge on any atom is -0.465 e. The van der Waals surface area contributed by atoms with Gasteiger partial charge in [0.15, 0.2) is 0 Å². The standard InChI is InChI=1S/C50H79NO7S/c1-12-13-29-57-44(52)42-45(6,36(5)34(2)3)27-28-47(8)38-21-22-41-46(7)31-56-33-50(41,39(38)23-26-48(42,47)9)30-40(55-11)43(46)58-32-49(24-15-14-16-25-49)51(10)59(53,54)37-19-17-35(4)18-20-37/h17-20,23,34,36,38,40-43H,12-16,21-22,24-33H2,1-11H3/t36-,38+,40-,41+,42-,43+,45-,46+,47-,48+,50+/m1/s1. The number of carbonyl (C=O) groups excluding carboxylic acids is 1. The van der Waals surface area contributed by atoms with Crippen molar-refractivity contribution in [3.8, 4) is 0 Å². The molecule has 7 rings (SSSR count). The third-order valence-corrected chi connectivity index (χ3v) is 20.7. The lowest BCUT2D eigenvalue weighted by Crippen LogP contribution is -2.70. The molecule has 5 fully saturated rings. The van der Waals surface area contributed by atoms with Gasteiger partial charge in [-0.05, 0) is 117 Å². The molecule has 4 saturated carbocycles. The first-order chi connectivity index (χ1) is 27.8. The number of nitrogens with zero attached hydrogens (tertiary/aromatic N) is 1. The Morgan fingerprint density at radius 1 is 0.949 bits per heavy atom. The first kappa shape index (κ1) is 45.3. The van der Waals surface area contributed by atoms with E-state index in [0.29, 0.717) is 55.0 Å². The van der Waals surface area contributed by atoms with Crippen LogP contribution >= 0.6 is 0 Å². The predicted molar refractivity (Wildman–Crippen MR) is 234 cm³/mol. The molecule has 8 nitrogen and oxygen atoms in total. The number of carbonyl (C=O) groups is 1. The minimum absolute atomic E-state index is 0.0179. The highest BCUT2D eigenvalue weighted by Gasteiger charge is 2.72. The second kappa shape index (κ2) is 16.4. The largest absolute Gasteiger partial charge is 0.465 e. The topological polar surface area (TPSA) is 91.4 Å². The van der Waals surface area contributed by atoms with Gasteiger partial charge in [-0.2, -0.15) is 4.31 Å². The number of allylic oxidation sites excluding steroid dienone is 1. The fraction of sp³-hybridized carbons (Fsp3) is 0.820. The van der Waals surface area contributed by atoms with Gasteiger partial charge in [0.05, 0.1) is 55.0 Å². The number of hydrogen-bond acceptors (Lipinski definition) is 7. The van der Waals surface area contributed by atoms with Gasteiger partial charge in [-0.25, -0.2) is 8.42 Å². The molecule has 9 heteroatoms. The van der Waals surface area contributed by atoms with Gasteiger partial charge >= 0.3 is 5.97 Å². The van der Waals surface area contributed by atoms with Crippen LogP contribution in [-0.4, -0.2) is 77.0 Å². The van der Waals surface area contributed by atoms with E-state index in [-0.39, 0.29) is 51.2 Å². The summed E-state index contributed by atoms with van der Waals surface area (Å²) in [6.07, 6.45) is 14.6. The molecule has 1 aromatic rings. The van der Waals surface area contributed by atoms with E-state index in [4.69, 9.17) is 18.9 Å². The maximum absolute atomic E-state index is 14.6. The van der Waals surface area contributed by atoms with Crippen LogP contribution in [0.4, 0.5) is 0 Å². The molecular formula is C50H79NO7S. The van der Waals surface area contributed by atoms with Crippen LogP contribution in [-0.2, 0) is 33.8 Å². The lowest BCUT2D eigenvalue weighted by molar-refractivity contribution is -0.271. The Labute approximate surface area is 358 Å². The quantitative estimate of drug-likeness (QED) is 0.111. The molecule has 0 aromatic heterocycles. The molecule has 0 radical (unpaired) electrons. The Balaban J connectivity index is 1.21. The van der Waals surface area contributed by atoms with Crippen LogP contribution in [0.1, 0.15) is 144 Å². The van der Waals surface area contributed by atoms with Crippen molar-refractivity contribution in [3.63, 3.8) is 0 Å². The molecule has 1 aromatic carbocycles. The van der Waals surface area contributed by atoms with E-state index >= 15 is 0 Å². The second-order valence-electron chi connectivity index (χ2n) is 21.8. The van der Waals surface area contributed by atoms with E-state index in [1.165, 1.54) is 0 Å². The summed E-state index contributed by atoms with van der Waals surface area (Å²) < 4.78 is 56.9. The molecule has 0 unspecified atom stereocenters. The normalized spacial score (nSPS) is 39.7. The van der Waals surface area contributed by atoms with Crippen molar-refractivity contribution in [3.05, 3.63) is 41.5 Å². The van der Waals surface area contributed by atoms with Crippen molar-refractivity contribution < 1.29 is 32.2 Å². The van der Waals surface area contributed by atoms with Gasteiger partial charge < -0.3 is 18.9 Å². The number of benzene rings is 1. The SMILES string of the molecule is CCCCOC(=O)[C@@H]1[C@@](C)([C@H](C)C(C)C)CC[C@]2(C)[C@H]3CC[C@@H]4[C@@]5(COC[C@]4(C)[C@@H](OCC4(N(C)S(=O)(=O)c6ccc(C)cc6)CCCCC4)[C@H](OC)C5)C3=CC[C@@]12C. The number of sulfonamides is 1. The maximum Gasteiger partial charge on any atom is 0.310 e. The Morgan fingerprint density at radius 2 is 1.64 bits per heavy atom. The van der Waals surface area contributed by atoms with Crippen molar-refractivity contribution >= 4 is 16.0 Å². The summed E-state index contributed by atoms with van der Waals surface area (Å²) in [6, 6.07) is 7.22. The molecule has 332 valence electrons. The Bertz CT molecular complexity index is 1820. The Morgan fingerprint density at radius 3 is 2.29 bits per heavy atom. The summed E-state index contributed by atoms with van der Waals surface area (Å²) in [6.45, 7) is 23.0. The minimum atomic E-state index is -3.74. The highest BCUT2D eigenvalue weighted by atomic mass is 32.2. The Hall–Kier alpha value is -1.78. The highest BCUT2D eigenvalue weighted by Crippen LogP contribution is 2.75. The number of esters is 1. The molecule has 2 bridgehead atoms. The number of ether oxygens (including phenoxy) is 4. The Kier molecular flexibility index (Phi) is 12.6. The number of methoxy groups -OCH3 is 1. The summed E-state index contributed by atoms with van der Waals surface area (Å²) in [5, 5.41) is 0. The molecule has 11 atom stereocenters. The van der Waals surface area contributed by atoms with E-state index < -0.39 is 15.6 Å².